The molecule has 6 heteroatoms. The number of aliphatic hydroxyl groups is 1. The van der Waals surface area contributed by atoms with Crippen molar-refractivity contribution in [1.29, 1.82) is 5.26 Å². The Labute approximate surface area is 128 Å². The van der Waals surface area contributed by atoms with Gasteiger partial charge in [-0.25, -0.2) is 0 Å². The van der Waals surface area contributed by atoms with Crippen LogP contribution >= 0.6 is 0 Å². The Bertz CT molecular complexity index is 599. The molecule has 2 rings (SSSR count). The average Bonchev–Trinajstić information content (AvgIpc) is 2.78. The van der Waals surface area contributed by atoms with Crippen LogP contribution in [-0.4, -0.2) is 23.3 Å². The molecule has 120 valence electrons. The molecular weight excluding hydrogens is 293 g/mol. The molecule has 2 unspecified atom stereocenters. The molecule has 1 N–H and O–H groups in total. The van der Waals surface area contributed by atoms with Crippen LogP contribution in [0.3, 0.4) is 0 Å². The second kappa shape index (κ2) is 5.47. The van der Waals surface area contributed by atoms with Crippen LogP contribution in [0.4, 0.5) is 18.9 Å². The average molecular weight is 312 g/mol. The Morgan fingerprint density at radius 2 is 1.95 bits per heavy atom. The molecule has 3 nitrogen and oxygen atoms in total. The van der Waals surface area contributed by atoms with Gasteiger partial charge >= 0.3 is 6.18 Å². The lowest BCUT2D eigenvalue weighted by atomic mass is 9.85. The van der Waals surface area contributed by atoms with Gasteiger partial charge in [0.15, 0.2) is 0 Å². The number of rotatable bonds is 2. The molecule has 0 spiro atoms. The predicted octanol–water partition coefficient (Wildman–Crippen LogP) is 3.56. The lowest BCUT2D eigenvalue weighted by molar-refractivity contribution is -0.137. The van der Waals surface area contributed by atoms with Crippen LogP contribution in [0, 0.1) is 17.2 Å². The Hall–Kier alpha value is -1.74. The van der Waals surface area contributed by atoms with Crippen molar-refractivity contribution in [2.24, 2.45) is 5.92 Å². The first kappa shape index (κ1) is 16.6. The molecule has 1 heterocycles. The number of anilines is 1. The van der Waals surface area contributed by atoms with Gasteiger partial charge in [-0.1, -0.05) is 0 Å². The molecule has 0 aromatic heterocycles. The standard InChI is InChI=1S/C16H19F3N2O/c1-10-12(15(2,3)22)6-7-21(10)14-5-4-11(9-20)8-13(14)16(17,18)19/h4-5,8,10,12,22H,6-7H2,1-3H3. The highest BCUT2D eigenvalue weighted by atomic mass is 19.4. The molecule has 2 atom stereocenters. The van der Waals surface area contributed by atoms with Crippen molar-refractivity contribution in [2.75, 3.05) is 11.4 Å². The summed E-state index contributed by atoms with van der Waals surface area (Å²) in [6, 6.07) is 5.17. The fourth-order valence-corrected chi connectivity index (χ4v) is 3.31. The zero-order chi connectivity index (χ0) is 16.7. The van der Waals surface area contributed by atoms with Crippen molar-refractivity contribution in [3.8, 4) is 6.07 Å². The third kappa shape index (κ3) is 3.05. The van der Waals surface area contributed by atoms with Gasteiger partial charge in [0.1, 0.15) is 0 Å². The Balaban J connectivity index is 2.44. The van der Waals surface area contributed by atoms with Crippen LogP contribution in [0.15, 0.2) is 18.2 Å². The molecule has 22 heavy (non-hydrogen) atoms. The summed E-state index contributed by atoms with van der Waals surface area (Å²) in [6.07, 6.45) is -3.89. The fourth-order valence-electron chi connectivity index (χ4n) is 3.31. The first-order valence-electron chi connectivity index (χ1n) is 7.16. The van der Waals surface area contributed by atoms with Gasteiger partial charge in [0, 0.05) is 24.2 Å². The summed E-state index contributed by atoms with van der Waals surface area (Å²) in [6.45, 7) is 5.64. The largest absolute Gasteiger partial charge is 0.418 e. The third-order valence-corrected chi connectivity index (χ3v) is 4.40. The van der Waals surface area contributed by atoms with Gasteiger partial charge in [0.05, 0.1) is 22.8 Å². The van der Waals surface area contributed by atoms with Crippen LogP contribution in [0.2, 0.25) is 0 Å². The van der Waals surface area contributed by atoms with Gasteiger partial charge in [-0.05, 0) is 45.4 Å². The summed E-state index contributed by atoms with van der Waals surface area (Å²) in [4.78, 5) is 1.67. The van der Waals surface area contributed by atoms with Crippen molar-refractivity contribution in [3.63, 3.8) is 0 Å². The molecule has 0 aliphatic carbocycles. The van der Waals surface area contributed by atoms with Crippen LogP contribution < -0.4 is 4.90 Å². The third-order valence-electron chi connectivity index (χ3n) is 4.40. The zero-order valence-electron chi connectivity index (χ0n) is 12.8. The van der Waals surface area contributed by atoms with Crippen LogP contribution in [-0.2, 0) is 6.18 Å². The molecule has 1 saturated heterocycles. The fraction of sp³-hybridized carbons (Fsp3) is 0.562. The zero-order valence-corrected chi connectivity index (χ0v) is 12.8. The Morgan fingerprint density at radius 3 is 2.41 bits per heavy atom. The van der Waals surface area contributed by atoms with Crippen molar-refractivity contribution >= 4 is 5.69 Å². The molecule has 1 aliphatic heterocycles. The van der Waals surface area contributed by atoms with E-state index in [1.165, 1.54) is 12.1 Å². The maximum atomic E-state index is 13.3. The second-order valence-corrected chi connectivity index (χ2v) is 6.32. The van der Waals surface area contributed by atoms with E-state index in [1.54, 1.807) is 24.8 Å². The second-order valence-electron chi connectivity index (χ2n) is 6.32. The highest BCUT2D eigenvalue weighted by molar-refractivity contribution is 5.59. The number of nitriles is 1. The monoisotopic (exact) mass is 312 g/mol. The molecule has 1 aromatic rings. The number of hydrogen-bond donors (Lipinski definition) is 1. The lowest BCUT2D eigenvalue weighted by Crippen LogP contribution is -2.40. The summed E-state index contributed by atoms with van der Waals surface area (Å²) < 4.78 is 39.9. The summed E-state index contributed by atoms with van der Waals surface area (Å²) in [7, 11) is 0. The number of benzene rings is 1. The van der Waals surface area contributed by atoms with E-state index in [0.29, 0.717) is 13.0 Å². The van der Waals surface area contributed by atoms with E-state index < -0.39 is 17.3 Å². The smallest absolute Gasteiger partial charge is 0.390 e. The molecular formula is C16H19F3N2O. The molecule has 0 radical (unpaired) electrons. The molecule has 1 aliphatic rings. The number of hydrogen-bond acceptors (Lipinski definition) is 3. The molecule has 1 fully saturated rings. The van der Waals surface area contributed by atoms with Crippen LogP contribution in [0.5, 0.6) is 0 Å². The maximum Gasteiger partial charge on any atom is 0.418 e. The summed E-state index contributed by atoms with van der Waals surface area (Å²) >= 11 is 0. The topological polar surface area (TPSA) is 47.3 Å². The highest BCUT2D eigenvalue weighted by Crippen LogP contribution is 2.42. The minimum absolute atomic E-state index is 0.0121. The van der Waals surface area contributed by atoms with Gasteiger partial charge in [0.25, 0.3) is 0 Å². The minimum Gasteiger partial charge on any atom is -0.390 e. The highest BCUT2D eigenvalue weighted by Gasteiger charge is 2.43. The maximum absolute atomic E-state index is 13.3. The van der Waals surface area contributed by atoms with E-state index >= 15 is 0 Å². The number of halogens is 3. The summed E-state index contributed by atoms with van der Waals surface area (Å²) in [5.74, 6) is -0.107. The van der Waals surface area contributed by atoms with Crippen LogP contribution in [0.25, 0.3) is 0 Å². The summed E-state index contributed by atoms with van der Waals surface area (Å²) in [5.41, 5.74) is -1.68. The van der Waals surface area contributed by atoms with Crippen molar-refractivity contribution in [2.45, 2.75) is 45.0 Å². The normalized spacial score (nSPS) is 22.7. The van der Waals surface area contributed by atoms with E-state index in [1.807, 2.05) is 6.92 Å². The van der Waals surface area contributed by atoms with E-state index in [2.05, 4.69) is 0 Å². The van der Waals surface area contributed by atoms with Crippen molar-refractivity contribution in [1.82, 2.24) is 0 Å². The van der Waals surface area contributed by atoms with Gasteiger partial charge in [-0.3, -0.25) is 0 Å². The number of alkyl halides is 3. The van der Waals surface area contributed by atoms with Crippen molar-refractivity contribution in [3.05, 3.63) is 29.3 Å². The van der Waals surface area contributed by atoms with Crippen molar-refractivity contribution < 1.29 is 18.3 Å². The van der Waals surface area contributed by atoms with E-state index in [0.717, 1.165) is 6.07 Å². The molecule has 0 bridgehead atoms. The van der Waals surface area contributed by atoms with E-state index in [-0.39, 0.29) is 23.2 Å². The van der Waals surface area contributed by atoms with Gasteiger partial charge in [0.2, 0.25) is 0 Å². The first-order chi connectivity index (χ1) is 10.1. The molecule has 0 amide bonds. The first-order valence-corrected chi connectivity index (χ1v) is 7.16. The molecule has 0 saturated carbocycles. The van der Waals surface area contributed by atoms with E-state index in [4.69, 9.17) is 5.26 Å². The number of nitrogens with zero attached hydrogens (tertiary/aromatic N) is 2. The Kier molecular flexibility index (Phi) is 4.14. The van der Waals surface area contributed by atoms with Crippen LogP contribution in [0.1, 0.15) is 38.3 Å². The minimum atomic E-state index is -4.52. The SMILES string of the molecule is CC1C(C(C)(C)O)CCN1c1ccc(C#N)cc1C(F)(F)F. The molecule has 1 aromatic carbocycles. The summed E-state index contributed by atoms with van der Waals surface area (Å²) in [5, 5.41) is 19.0. The lowest BCUT2D eigenvalue weighted by Gasteiger charge is -2.34. The quantitative estimate of drug-likeness (QED) is 0.908. The van der Waals surface area contributed by atoms with Gasteiger partial charge in [-0.15, -0.1) is 0 Å². The predicted molar refractivity (Wildman–Crippen MR) is 77.4 cm³/mol. The Morgan fingerprint density at radius 1 is 1.32 bits per heavy atom. The van der Waals surface area contributed by atoms with Gasteiger partial charge < -0.3 is 10.0 Å². The van der Waals surface area contributed by atoms with E-state index in [9.17, 15) is 18.3 Å². The van der Waals surface area contributed by atoms with Gasteiger partial charge in [-0.2, -0.15) is 18.4 Å².